The SMILES string of the molecule is CC(=O)Nc1ccc(OCCCCCOc2ccc(NC(C)=O)cc2)cc1. The van der Waals surface area contributed by atoms with Crippen molar-refractivity contribution in [2.75, 3.05) is 23.8 Å². The van der Waals surface area contributed by atoms with Crippen molar-refractivity contribution < 1.29 is 19.1 Å². The molecule has 0 aromatic heterocycles. The molecule has 144 valence electrons. The summed E-state index contributed by atoms with van der Waals surface area (Å²) in [5, 5.41) is 5.44. The Morgan fingerprint density at radius 2 is 1.04 bits per heavy atom. The Morgan fingerprint density at radius 1 is 0.667 bits per heavy atom. The monoisotopic (exact) mass is 370 g/mol. The van der Waals surface area contributed by atoms with Gasteiger partial charge in [0.1, 0.15) is 11.5 Å². The number of hydrogen-bond acceptors (Lipinski definition) is 4. The van der Waals surface area contributed by atoms with Crippen LogP contribution in [0, 0.1) is 0 Å². The number of unbranched alkanes of at least 4 members (excludes halogenated alkanes) is 2. The van der Waals surface area contributed by atoms with Gasteiger partial charge in [0.05, 0.1) is 13.2 Å². The minimum Gasteiger partial charge on any atom is -0.494 e. The third kappa shape index (κ3) is 8.27. The largest absolute Gasteiger partial charge is 0.494 e. The molecule has 2 aromatic carbocycles. The lowest BCUT2D eigenvalue weighted by Crippen LogP contribution is -2.05. The number of ether oxygens (including phenoxy) is 2. The lowest BCUT2D eigenvalue weighted by atomic mass is 10.2. The summed E-state index contributed by atoms with van der Waals surface area (Å²) in [4.78, 5) is 21.9. The first kappa shape index (κ1) is 20.3. The van der Waals surface area contributed by atoms with Crippen LogP contribution in [0.25, 0.3) is 0 Å². The second kappa shape index (κ2) is 10.9. The number of nitrogens with one attached hydrogen (secondary N) is 2. The molecule has 2 N–H and O–H groups in total. The van der Waals surface area contributed by atoms with Crippen molar-refractivity contribution in [3.05, 3.63) is 48.5 Å². The van der Waals surface area contributed by atoms with Crippen LogP contribution in [0.15, 0.2) is 48.5 Å². The van der Waals surface area contributed by atoms with Gasteiger partial charge < -0.3 is 20.1 Å². The molecule has 0 fully saturated rings. The molecule has 0 radical (unpaired) electrons. The van der Waals surface area contributed by atoms with Gasteiger partial charge in [0.2, 0.25) is 11.8 Å². The van der Waals surface area contributed by atoms with E-state index in [-0.39, 0.29) is 11.8 Å². The predicted octanol–water partition coefficient (Wildman–Crippen LogP) is 4.23. The molecule has 0 aliphatic carbocycles. The third-order valence-electron chi connectivity index (χ3n) is 3.68. The van der Waals surface area contributed by atoms with Crippen LogP contribution >= 0.6 is 0 Å². The predicted molar refractivity (Wildman–Crippen MR) is 106 cm³/mol. The van der Waals surface area contributed by atoms with E-state index in [1.807, 2.05) is 48.5 Å². The minimum absolute atomic E-state index is 0.0884. The Labute approximate surface area is 159 Å². The van der Waals surface area contributed by atoms with Crippen molar-refractivity contribution in [3.63, 3.8) is 0 Å². The number of benzene rings is 2. The number of anilines is 2. The highest BCUT2D eigenvalue weighted by atomic mass is 16.5. The molecular weight excluding hydrogens is 344 g/mol. The normalized spacial score (nSPS) is 10.1. The van der Waals surface area contributed by atoms with Gasteiger partial charge in [0.15, 0.2) is 0 Å². The average molecular weight is 370 g/mol. The van der Waals surface area contributed by atoms with Crippen molar-refractivity contribution in [1.29, 1.82) is 0 Å². The topological polar surface area (TPSA) is 76.7 Å². The second-order valence-corrected chi connectivity index (χ2v) is 6.17. The zero-order chi connectivity index (χ0) is 19.5. The highest BCUT2D eigenvalue weighted by Crippen LogP contribution is 2.17. The summed E-state index contributed by atoms with van der Waals surface area (Å²) < 4.78 is 11.4. The molecule has 0 saturated heterocycles. The van der Waals surface area contributed by atoms with Crippen LogP contribution in [0.2, 0.25) is 0 Å². The van der Waals surface area contributed by atoms with E-state index in [9.17, 15) is 9.59 Å². The molecule has 2 rings (SSSR count). The average Bonchev–Trinajstić information content (AvgIpc) is 2.63. The molecule has 2 amide bonds. The summed E-state index contributed by atoms with van der Waals surface area (Å²) in [6, 6.07) is 14.7. The summed E-state index contributed by atoms with van der Waals surface area (Å²) in [5.41, 5.74) is 1.52. The first-order valence-electron chi connectivity index (χ1n) is 9.04. The fraction of sp³-hybridized carbons (Fsp3) is 0.333. The highest BCUT2D eigenvalue weighted by Gasteiger charge is 1.99. The van der Waals surface area contributed by atoms with Gasteiger partial charge in [-0.2, -0.15) is 0 Å². The molecule has 0 unspecified atom stereocenters. The van der Waals surface area contributed by atoms with E-state index >= 15 is 0 Å². The summed E-state index contributed by atoms with van der Waals surface area (Å²) in [5.74, 6) is 1.41. The van der Waals surface area contributed by atoms with Gasteiger partial charge in [-0.25, -0.2) is 0 Å². The Balaban J connectivity index is 1.55. The van der Waals surface area contributed by atoms with E-state index in [1.54, 1.807) is 0 Å². The first-order valence-corrected chi connectivity index (χ1v) is 9.04. The number of carbonyl (C=O) groups excluding carboxylic acids is 2. The van der Waals surface area contributed by atoms with Crippen molar-refractivity contribution in [2.24, 2.45) is 0 Å². The van der Waals surface area contributed by atoms with Crippen LogP contribution in [-0.2, 0) is 9.59 Å². The van der Waals surface area contributed by atoms with Crippen LogP contribution in [0.5, 0.6) is 11.5 Å². The first-order chi connectivity index (χ1) is 13.0. The quantitative estimate of drug-likeness (QED) is 0.614. The van der Waals surface area contributed by atoms with Crippen LogP contribution in [0.4, 0.5) is 11.4 Å². The van der Waals surface area contributed by atoms with Gasteiger partial charge in [-0.15, -0.1) is 0 Å². The number of amides is 2. The molecule has 2 aromatic rings. The smallest absolute Gasteiger partial charge is 0.221 e. The van der Waals surface area contributed by atoms with Gasteiger partial charge in [-0.05, 0) is 67.8 Å². The third-order valence-corrected chi connectivity index (χ3v) is 3.68. The zero-order valence-corrected chi connectivity index (χ0v) is 15.8. The van der Waals surface area contributed by atoms with E-state index in [0.717, 1.165) is 42.1 Å². The van der Waals surface area contributed by atoms with E-state index in [2.05, 4.69) is 10.6 Å². The Kier molecular flexibility index (Phi) is 8.16. The maximum absolute atomic E-state index is 11.0. The Morgan fingerprint density at radius 3 is 1.37 bits per heavy atom. The molecule has 0 atom stereocenters. The van der Waals surface area contributed by atoms with E-state index in [4.69, 9.17) is 9.47 Å². The number of hydrogen-bond donors (Lipinski definition) is 2. The standard InChI is InChI=1S/C21H26N2O4/c1-16(24)22-18-6-10-20(11-7-18)26-14-4-3-5-15-27-21-12-8-19(9-13-21)23-17(2)25/h6-13H,3-5,14-15H2,1-2H3,(H,22,24)(H,23,25). The number of rotatable bonds is 10. The lowest BCUT2D eigenvalue weighted by Gasteiger charge is -2.09. The highest BCUT2D eigenvalue weighted by molar-refractivity contribution is 5.89. The van der Waals surface area contributed by atoms with Crippen molar-refractivity contribution in [3.8, 4) is 11.5 Å². The second-order valence-electron chi connectivity index (χ2n) is 6.17. The van der Waals surface area contributed by atoms with Crippen molar-refractivity contribution in [1.82, 2.24) is 0 Å². The molecule has 6 heteroatoms. The molecule has 0 saturated carbocycles. The van der Waals surface area contributed by atoms with Gasteiger partial charge in [-0.1, -0.05) is 0 Å². The van der Waals surface area contributed by atoms with Gasteiger partial charge >= 0.3 is 0 Å². The fourth-order valence-electron chi connectivity index (χ4n) is 2.44. The van der Waals surface area contributed by atoms with Gasteiger partial charge in [0, 0.05) is 25.2 Å². The molecule has 0 heterocycles. The van der Waals surface area contributed by atoms with E-state index in [0.29, 0.717) is 13.2 Å². The zero-order valence-electron chi connectivity index (χ0n) is 15.8. The molecule has 0 spiro atoms. The van der Waals surface area contributed by atoms with Crippen LogP contribution in [0.1, 0.15) is 33.1 Å². The maximum atomic E-state index is 11.0. The van der Waals surface area contributed by atoms with Gasteiger partial charge in [-0.3, -0.25) is 9.59 Å². The molecule has 0 bridgehead atoms. The summed E-state index contributed by atoms with van der Waals surface area (Å²) >= 11 is 0. The summed E-state index contributed by atoms with van der Waals surface area (Å²) in [6.45, 7) is 4.25. The maximum Gasteiger partial charge on any atom is 0.221 e. The lowest BCUT2D eigenvalue weighted by molar-refractivity contribution is -0.115. The molecular formula is C21H26N2O4. The van der Waals surface area contributed by atoms with Crippen LogP contribution in [-0.4, -0.2) is 25.0 Å². The molecule has 27 heavy (non-hydrogen) atoms. The van der Waals surface area contributed by atoms with Crippen LogP contribution in [0.3, 0.4) is 0 Å². The van der Waals surface area contributed by atoms with Gasteiger partial charge in [0.25, 0.3) is 0 Å². The van der Waals surface area contributed by atoms with Crippen LogP contribution < -0.4 is 20.1 Å². The molecule has 0 aliphatic heterocycles. The van der Waals surface area contributed by atoms with Crippen molar-refractivity contribution in [2.45, 2.75) is 33.1 Å². The Bertz CT molecular complexity index is 663. The van der Waals surface area contributed by atoms with E-state index in [1.165, 1.54) is 13.8 Å². The van der Waals surface area contributed by atoms with Crippen molar-refractivity contribution >= 4 is 23.2 Å². The Hall–Kier alpha value is -3.02. The number of carbonyl (C=O) groups is 2. The summed E-state index contributed by atoms with van der Waals surface area (Å²) in [6.07, 6.45) is 2.89. The molecule has 0 aliphatic rings. The fourth-order valence-corrected chi connectivity index (χ4v) is 2.44. The summed E-state index contributed by atoms with van der Waals surface area (Å²) in [7, 11) is 0. The minimum atomic E-state index is -0.0884. The van der Waals surface area contributed by atoms with E-state index < -0.39 is 0 Å². The molecule has 6 nitrogen and oxygen atoms in total.